The average molecular weight is 356 g/mol. The second-order valence-electron chi connectivity index (χ2n) is 5.68. The molecular weight excluding hydrogens is 330 g/mol. The minimum Gasteiger partial charge on any atom is -0.481 e. The first kappa shape index (κ1) is 18.9. The summed E-state index contributed by atoms with van der Waals surface area (Å²) >= 11 is 1.79. The van der Waals surface area contributed by atoms with Gasteiger partial charge in [0.2, 0.25) is 0 Å². The summed E-state index contributed by atoms with van der Waals surface area (Å²) in [4.78, 5) is 5.66. The Labute approximate surface area is 154 Å². The van der Waals surface area contributed by atoms with Gasteiger partial charge in [-0.25, -0.2) is 0 Å². The van der Waals surface area contributed by atoms with Gasteiger partial charge in [0.25, 0.3) is 0 Å². The van der Waals surface area contributed by atoms with Gasteiger partial charge in [-0.2, -0.15) is 0 Å². The molecule has 1 aromatic carbocycles. The highest BCUT2D eigenvalue weighted by Gasteiger charge is 2.07. The normalized spacial score (nSPS) is 12.3. The molecule has 1 aromatic heterocycles. The number of ether oxygens (including phenoxy) is 1. The molecule has 0 spiro atoms. The molecule has 2 rings (SSSR count). The van der Waals surface area contributed by atoms with Crippen molar-refractivity contribution in [2.24, 2.45) is 4.99 Å². The van der Waals surface area contributed by atoms with Crippen molar-refractivity contribution in [1.82, 2.24) is 10.6 Å². The van der Waals surface area contributed by atoms with Gasteiger partial charge in [-0.3, -0.25) is 4.99 Å². The summed E-state index contributed by atoms with van der Waals surface area (Å²) in [6, 6.07) is 12.3. The maximum absolute atomic E-state index is 5.38. The van der Waals surface area contributed by atoms with Gasteiger partial charge in [-0.15, -0.1) is 17.8 Å². The molecule has 25 heavy (non-hydrogen) atoms. The summed E-state index contributed by atoms with van der Waals surface area (Å²) in [5.41, 5.74) is 1.24. The zero-order chi connectivity index (χ0) is 17.9. The minimum atomic E-state index is 0.298. The summed E-state index contributed by atoms with van der Waals surface area (Å²) in [6.07, 6.45) is 6.10. The van der Waals surface area contributed by atoms with Crippen molar-refractivity contribution < 1.29 is 4.74 Å². The van der Waals surface area contributed by atoms with E-state index in [0.717, 1.165) is 31.2 Å². The number of hydrogen-bond acceptors (Lipinski definition) is 3. The number of terminal acetylenes is 1. The van der Waals surface area contributed by atoms with Crippen molar-refractivity contribution in [1.29, 1.82) is 0 Å². The lowest BCUT2D eigenvalue weighted by atomic mass is 10.1. The Morgan fingerprint density at radius 1 is 1.28 bits per heavy atom. The molecule has 2 aromatic rings. The van der Waals surface area contributed by atoms with Crippen LogP contribution in [0.25, 0.3) is 0 Å². The topological polar surface area (TPSA) is 45.6 Å². The van der Waals surface area contributed by atoms with Crippen molar-refractivity contribution in [2.75, 3.05) is 26.7 Å². The van der Waals surface area contributed by atoms with E-state index in [0.29, 0.717) is 12.5 Å². The van der Waals surface area contributed by atoms with Crippen LogP contribution in [-0.4, -0.2) is 32.7 Å². The number of thiophene rings is 1. The van der Waals surface area contributed by atoms with E-state index in [1.165, 1.54) is 10.4 Å². The van der Waals surface area contributed by atoms with Crippen LogP contribution >= 0.6 is 11.3 Å². The molecule has 0 amide bonds. The van der Waals surface area contributed by atoms with E-state index in [1.807, 2.05) is 12.1 Å². The fourth-order valence-corrected chi connectivity index (χ4v) is 3.13. The third-order valence-corrected chi connectivity index (χ3v) is 4.88. The van der Waals surface area contributed by atoms with E-state index >= 15 is 0 Å². The maximum Gasteiger partial charge on any atom is 0.191 e. The smallest absolute Gasteiger partial charge is 0.191 e. The molecule has 0 aliphatic carbocycles. The fraction of sp³-hybridized carbons (Fsp3) is 0.350. The number of benzene rings is 1. The van der Waals surface area contributed by atoms with Gasteiger partial charge in [-0.1, -0.05) is 31.0 Å². The Morgan fingerprint density at radius 2 is 2.08 bits per heavy atom. The Hall–Kier alpha value is -2.45. The Morgan fingerprint density at radius 3 is 2.72 bits per heavy atom. The number of nitrogens with one attached hydrogen (secondary N) is 2. The number of nitrogens with zero attached hydrogens (tertiary/aromatic N) is 1. The first-order chi connectivity index (χ1) is 12.2. The van der Waals surface area contributed by atoms with Crippen LogP contribution in [0.4, 0.5) is 0 Å². The molecule has 0 saturated heterocycles. The molecule has 5 heteroatoms. The van der Waals surface area contributed by atoms with Crippen molar-refractivity contribution in [2.45, 2.75) is 19.3 Å². The summed E-state index contributed by atoms with van der Waals surface area (Å²) in [5, 5.41) is 8.85. The van der Waals surface area contributed by atoms with Gasteiger partial charge in [0.1, 0.15) is 12.4 Å². The van der Waals surface area contributed by atoms with E-state index in [1.54, 1.807) is 18.4 Å². The van der Waals surface area contributed by atoms with E-state index in [2.05, 4.69) is 58.1 Å². The second kappa shape index (κ2) is 10.4. The van der Waals surface area contributed by atoms with Crippen LogP contribution in [0.15, 0.2) is 46.8 Å². The summed E-state index contributed by atoms with van der Waals surface area (Å²) in [5.74, 6) is 4.56. The summed E-state index contributed by atoms with van der Waals surface area (Å²) < 4.78 is 5.38. The largest absolute Gasteiger partial charge is 0.481 e. The van der Waals surface area contributed by atoms with E-state index in [4.69, 9.17) is 11.2 Å². The van der Waals surface area contributed by atoms with Crippen LogP contribution in [0.3, 0.4) is 0 Å². The van der Waals surface area contributed by atoms with Gasteiger partial charge in [0.05, 0.1) is 0 Å². The Kier molecular flexibility index (Phi) is 7.87. The van der Waals surface area contributed by atoms with Crippen molar-refractivity contribution >= 4 is 17.3 Å². The van der Waals surface area contributed by atoms with Gasteiger partial charge < -0.3 is 15.4 Å². The molecule has 4 nitrogen and oxygen atoms in total. The predicted octanol–water partition coefficient (Wildman–Crippen LogP) is 3.27. The Balaban J connectivity index is 1.71. The lowest BCUT2D eigenvalue weighted by Crippen LogP contribution is -2.39. The van der Waals surface area contributed by atoms with Crippen LogP contribution in [-0.2, 0) is 6.42 Å². The monoisotopic (exact) mass is 355 g/mol. The first-order valence-electron chi connectivity index (χ1n) is 8.36. The SMILES string of the molecule is C#CCOc1ccc(CCNC(=NC)NCC(C)c2cccs2)cc1. The molecule has 0 bridgehead atoms. The fourth-order valence-electron chi connectivity index (χ4n) is 2.35. The van der Waals surface area contributed by atoms with Crippen molar-refractivity contribution in [3.05, 3.63) is 52.2 Å². The Bertz CT molecular complexity index is 687. The van der Waals surface area contributed by atoms with Crippen LogP contribution in [0.5, 0.6) is 5.75 Å². The highest BCUT2D eigenvalue weighted by molar-refractivity contribution is 7.10. The molecule has 0 aliphatic heterocycles. The third kappa shape index (κ3) is 6.52. The van der Waals surface area contributed by atoms with Crippen LogP contribution in [0.2, 0.25) is 0 Å². The lowest BCUT2D eigenvalue weighted by molar-refractivity contribution is 0.370. The number of rotatable bonds is 8. The lowest BCUT2D eigenvalue weighted by Gasteiger charge is -2.15. The average Bonchev–Trinajstić information content (AvgIpc) is 3.18. The van der Waals surface area contributed by atoms with E-state index in [9.17, 15) is 0 Å². The van der Waals surface area contributed by atoms with E-state index in [-0.39, 0.29) is 0 Å². The van der Waals surface area contributed by atoms with Crippen LogP contribution < -0.4 is 15.4 Å². The molecule has 0 saturated carbocycles. The number of hydrogen-bond donors (Lipinski definition) is 2. The molecule has 132 valence electrons. The molecule has 0 aliphatic rings. The van der Waals surface area contributed by atoms with Gasteiger partial charge in [0, 0.05) is 30.9 Å². The summed E-state index contributed by atoms with van der Waals surface area (Å²) in [6.45, 7) is 4.20. The number of aliphatic imine (C=N–C) groups is 1. The minimum absolute atomic E-state index is 0.298. The predicted molar refractivity (Wildman–Crippen MR) is 107 cm³/mol. The zero-order valence-corrected chi connectivity index (χ0v) is 15.6. The van der Waals surface area contributed by atoms with Gasteiger partial charge >= 0.3 is 0 Å². The molecule has 0 fully saturated rings. The number of guanidine groups is 1. The first-order valence-corrected chi connectivity index (χ1v) is 9.24. The van der Waals surface area contributed by atoms with Gasteiger partial charge in [-0.05, 0) is 35.6 Å². The van der Waals surface area contributed by atoms with E-state index < -0.39 is 0 Å². The van der Waals surface area contributed by atoms with Crippen LogP contribution in [0.1, 0.15) is 23.3 Å². The second-order valence-corrected chi connectivity index (χ2v) is 6.66. The summed E-state index contributed by atoms with van der Waals surface area (Å²) in [7, 11) is 1.79. The molecule has 0 radical (unpaired) electrons. The highest BCUT2D eigenvalue weighted by Crippen LogP contribution is 2.19. The molecule has 2 N–H and O–H groups in total. The molecule has 1 atom stereocenters. The van der Waals surface area contributed by atoms with Gasteiger partial charge in [0.15, 0.2) is 5.96 Å². The maximum atomic E-state index is 5.38. The zero-order valence-electron chi connectivity index (χ0n) is 14.8. The molecular formula is C20H25N3OS. The van der Waals surface area contributed by atoms with Crippen molar-refractivity contribution in [3.8, 4) is 18.1 Å². The standard InChI is InChI=1S/C20H25N3OS/c1-4-13-24-18-9-7-17(8-10-18)11-12-22-20(21-3)23-15-16(2)19-6-5-14-25-19/h1,5-10,14,16H,11-13,15H2,2-3H3,(H2,21,22,23). The highest BCUT2D eigenvalue weighted by atomic mass is 32.1. The van der Waals surface area contributed by atoms with Crippen LogP contribution in [0, 0.1) is 12.3 Å². The third-order valence-electron chi connectivity index (χ3n) is 3.78. The molecule has 1 unspecified atom stereocenters. The molecule has 1 heterocycles. The quantitative estimate of drug-likeness (QED) is 0.434. The van der Waals surface area contributed by atoms with Crippen molar-refractivity contribution in [3.63, 3.8) is 0 Å².